The number of rotatable bonds is 2. The molecule has 1 fully saturated rings. The Labute approximate surface area is 127 Å². The predicted molar refractivity (Wildman–Crippen MR) is 86.0 cm³/mol. The van der Waals surface area contributed by atoms with Crippen LogP contribution in [0.25, 0.3) is 0 Å². The Balaban J connectivity index is 2.08. The van der Waals surface area contributed by atoms with Gasteiger partial charge in [0.25, 0.3) is 0 Å². The van der Waals surface area contributed by atoms with Crippen molar-refractivity contribution in [2.45, 2.75) is 58.1 Å². The van der Waals surface area contributed by atoms with E-state index in [1.807, 2.05) is 0 Å². The Hall–Kier alpha value is -1.06. The van der Waals surface area contributed by atoms with Crippen molar-refractivity contribution < 1.29 is 9.84 Å². The van der Waals surface area contributed by atoms with E-state index in [1.165, 1.54) is 28.8 Å². The lowest BCUT2D eigenvalue weighted by molar-refractivity contribution is 0.111. The summed E-state index contributed by atoms with van der Waals surface area (Å²) in [5.41, 5.74) is 5.62. The quantitative estimate of drug-likeness (QED) is 0.908. The van der Waals surface area contributed by atoms with Crippen molar-refractivity contribution in [3.8, 4) is 0 Å². The summed E-state index contributed by atoms with van der Waals surface area (Å²) in [6, 6.07) is 4.97. The second kappa shape index (κ2) is 5.62. The van der Waals surface area contributed by atoms with Crippen molar-refractivity contribution in [1.82, 2.24) is 0 Å². The fraction of sp³-hybridized carbons (Fsp3) is 0.667. The summed E-state index contributed by atoms with van der Waals surface area (Å²) >= 11 is 0. The Morgan fingerprint density at radius 1 is 1.33 bits per heavy atom. The molecule has 1 N–H and O–H groups in total. The number of aliphatic hydroxyl groups excluding tert-OH is 1. The van der Waals surface area contributed by atoms with E-state index >= 15 is 0 Å². The summed E-state index contributed by atoms with van der Waals surface area (Å²) < 4.78 is 5.70. The molecule has 1 aromatic carbocycles. The molecule has 0 aromatic heterocycles. The topological polar surface area (TPSA) is 32.7 Å². The van der Waals surface area contributed by atoms with E-state index in [-0.39, 0.29) is 18.1 Å². The van der Waals surface area contributed by atoms with Gasteiger partial charge in [0.15, 0.2) is 0 Å². The zero-order chi connectivity index (χ0) is 15.0. The van der Waals surface area contributed by atoms with Gasteiger partial charge < -0.3 is 14.7 Å². The highest BCUT2D eigenvalue weighted by atomic mass is 16.5. The van der Waals surface area contributed by atoms with E-state index in [9.17, 15) is 5.11 Å². The van der Waals surface area contributed by atoms with Crippen LogP contribution in [0.15, 0.2) is 12.1 Å². The van der Waals surface area contributed by atoms with Crippen LogP contribution in [-0.4, -0.2) is 30.9 Å². The van der Waals surface area contributed by atoms with Gasteiger partial charge in [-0.15, -0.1) is 0 Å². The first kappa shape index (κ1) is 14.9. The number of aliphatic hydroxyl groups is 1. The molecule has 2 heterocycles. The van der Waals surface area contributed by atoms with Crippen LogP contribution < -0.4 is 4.90 Å². The second-order valence-corrected chi connectivity index (χ2v) is 7.36. The van der Waals surface area contributed by atoms with Crippen LogP contribution in [0.5, 0.6) is 0 Å². The fourth-order valence-corrected chi connectivity index (χ4v) is 3.49. The van der Waals surface area contributed by atoms with Gasteiger partial charge in [-0.1, -0.05) is 26.8 Å². The van der Waals surface area contributed by atoms with Crippen LogP contribution in [0.4, 0.5) is 5.69 Å². The van der Waals surface area contributed by atoms with Crippen LogP contribution in [-0.2, 0) is 23.2 Å². The van der Waals surface area contributed by atoms with E-state index in [1.54, 1.807) is 0 Å². The largest absolute Gasteiger partial charge is 0.394 e. The molecule has 116 valence electrons. The van der Waals surface area contributed by atoms with Gasteiger partial charge >= 0.3 is 0 Å². The maximum atomic E-state index is 9.66. The van der Waals surface area contributed by atoms with E-state index in [2.05, 4.69) is 37.8 Å². The molecule has 2 aliphatic heterocycles. The third kappa shape index (κ3) is 2.82. The van der Waals surface area contributed by atoms with Crippen LogP contribution in [0, 0.1) is 0 Å². The van der Waals surface area contributed by atoms with Gasteiger partial charge in [-0.25, -0.2) is 0 Å². The number of fused-ring (bicyclic) bond motifs is 1. The van der Waals surface area contributed by atoms with E-state index in [0.29, 0.717) is 6.61 Å². The lowest BCUT2D eigenvalue weighted by atomic mass is 9.83. The molecule has 0 spiro atoms. The lowest BCUT2D eigenvalue weighted by Gasteiger charge is -2.33. The molecule has 3 nitrogen and oxygen atoms in total. The summed E-state index contributed by atoms with van der Waals surface area (Å²) in [6.45, 7) is 9.63. The van der Waals surface area contributed by atoms with Crippen LogP contribution >= 0.6 is 0 Å². The zero-order valence-electron chi connectivity index (χ0n) is 13.5. The molecule has 1 atom stereocenters. The Morgan fingerprint density at radius 2 is 2.14 bits per heavy atom. The van der Waals surface area contributed by atoms with Crippen molar-refractivity contribution in [3.63, 3.8) is 0 Å². The van der Waals surface area contributed by atoms with Crippen molar-refractivity contribution in [1.29, 1.82) is 0 Å². The predicted octanol–water partition coefficient (Wildman–Crippen LogP) is 3.02. The van der Waals surface area contributed by atoms with Gasteiger partial charge in [0.2, 0.25) is 0 Å². The first-order valence-corrected chi connectivity index (χ1v) is 8.12. The fourth-order valence-electron chi connectivity index (χ4n) is 3.49. The van der Waals surface area contributed by atoms with Crippen molar-refractivity contribution >= 4 is 5.69 Å². The highest BCUT2D eigenvalue weighted by Gasteiger charge is 2.29. The number of nitrogens with zero attached hydrogens (tertiary/aromatic N) is 1. The monoisotopic (exact) mass is 289 g/mol. The van der Waals surface area contributed by atoms with Gasteiger partial charge in [-0.2, -0.15) is 0 Å². The average Bonchev–Trinajstić information content (AvgIpc) is 2.93. The van der Waals surface area contributed by atoms with Gasteiger partial charge in [0.1, 0.15) is 0 Å². The molecule has 0 bridgehead atoms. The minimum atomic E-state index is 0.149. The molecule has 1 saturated heterocycles. The Morgan fingerprint density at radius 3 is 2.86 bits per heavy atom. The van der Waals surface area contributed by atoms with Gasteiger partial charge in [0.05, 0.1) is 25.9 Å². The molecular weight excluding hydrogens is 262 g/mol. The molecule has 0 unspecified atom stereocenters. The SMILES string of the molecule is CC(C)(C)c1cc2c(c(N3CCC[C@@H]3CO)c1)COCC2. The molecule has 2 aliphatic rings. The maximum Gasteiger partial charge on any atom is 0.0739 e. The van der Waals surface area contributed by atoms with Crippen molar-refractivity contribution in [2.75, 3.05) is 24.7 Å². The molecule has 1 aromatic rings. The highest BCUT2D eigenvalue weighted by molar-refractivity contribution is 5.61. The first-order chi connectivity index (χ1) is 10.0. The van der Waals surface area contributed by atoms with Gasteiger partial charge in [-0.3, -0.25) is 0 Å². The van der Waals surface area contributed by atoms with Gasteiger partial charge in [0, 0.05) is 17.8 Å². The van der Waals surface area contributed by atoms with E-state index in [0.717, 1.165) is 26.0 Å². The highest BCUT2D eigenvalue weighted by Crippen LogP contribution is 2.37. The van der Waals surface area contributed by atoms with Crippen LogP contribution in [0.2, 0.25) is 0 Å². The number of hydrogen-bond acceptors (Lipinski definition) is 3. The summed E-state index contributed by atoms with van der Waals surface area (Å²) in [5, 5.41) is 9.66. The number of hydrogen-bond donors (Lipinski definition) is 1. The first-order valence-electron chi connectivity index (χ1n) is 8.12. The normalized spacial score (nSPS) is 22.5. The van der Waals surface area contributed by atoms with E-state index in [4.69, 9.17) is 4.74 Å². The minimum Gasteiger partial charge on any atom is -0.394 e. The number of benzene rings is 1. The number of anilines is 1. The summed E-state index contributed by atoms with van der Waals surface area (Å²) in [4.78, 5) is 2.41. The zero-order valence-corrected chi connectivity index (χ0v) is 13.5. The van der Waals surface area contributed by atoms with Crippen molar-refractivity contribution in [3.05, 3.63) is 28.8 Å². The number of ether oxygens (including phenoxy) is 1. The summed E-state index contributed by atoms with van der Waals surface area (Å²) in [7, 11) is 0. The maximum absolute atomic E-state index is 9.66. The average molecular weight is 289 g/mol. The lowest BCUT2D eigenvalue weighted by Crippen LogP contribution is -2.34. The molecule has 0 saturated carbocycles. The molecule has 3 heteroatoms. The standard InChI is InChI=1S/C18H27NO2/c1-18(2,3)14-9-13-6-8-21-12-16(13)17(10-14)19-7-4-5-15(19)11-20/h9-10,15,20H,4-8,11-12H2,1-3H3/t15-/m1/s1. The minimum absolute atomic E-state index is 0.149. The smallest absolute Gasteiger partial charge is 0.0739 e. The second-order valence-electron chi connectivity index (χ2n) is 7.36. The molecular formula is C18H27NO2. The Bertz CT molecular complexity index is 519. The molecule has 0 amide bonds. The third-order valence-corrected chi connectivity index (χ3v) is 4.84. The Kier molecular flexibility index (Phi) is 3.98. The molecule has 0 aliphatic carbocycles. The third-order valence-electron chi connectivity index (χ3n) is 4.84. The van der Waals surface area contributed by atoms with Crippen molar-refractivity contribution in [2.24, 2.45) is 0 Å². The molecule has 21 heavy (non-hydrogen) atoms. The van der Waals surface area contributed by atoms with E-state index < -0.39 is 0 Å². The van der Waals surface area contributed by atoms with Crippen LogP contribution in [0.3, 0.4) is 0 Å². The molecule has 3 rings (SSSR count). The van der Waals surface area contributed by atoms with Gasteiger partial charge in [-0.05, 0) is 41.9 Å². The summed E-state index contributed by atoms with van der Waals surface area (Å²) in [5.74, 6) is 0. The van der Waals surface area contributed by atoms with Crippen LogP contribution in [0.1, 0.15) is 50.3 Å². The summed E-state index contributed by atoms with van der Waals surface area (Å²) in [6.07, 6.45) is 3.26. The molecule has 0 radical (unpaired) electrons.